The van der Waals surface area contributed by atoms with E-state index in [1.54, 1.807) is 0 Å². The lowest BCUT2D eigenvalue weighted by Crippen LogP contribution is -2.40. The average Bonchev–Trinajstić information content (AvgIpc) is 2.72. The second kappa shape index (κ2) is 5.78. The number of amides is 1. The molecule has 0 saturated carbocycles. The molecule has 1 aromatic rings. The van der Waals surface area contributed by atoms with Crippen LogP contribution in [0.15, 0.2) is 6.07 Å². The van der Waals surface area contributed by atoms with Crippen molar-refractivity contribution in [3.63, 3.8) is 0 Å². The summed E-state index contributed by atoms with van der Waals surface area (Å²) < 4.78 is 2.19. The number of nitrogens with zero attached hydrogens (tertiary/aromatic N) is 2. The molecule has 0 spiro atoms. The summed E-state index contributed by atoms with van der Waals surface area (Å²) in [5.41, 5.74) is 8.82. The van der Waals surface area contributed by atoms with Crippen LogP contribution in [0, 0.1) is 19.8 Å². The summed E-state index contributed by atoms with van der Waals surface area (Å²) in [5, 5.41) is 0. The smallest absolute Gasteiger partial charge is 0.255 e. The van der Waals surface area contributed by atoms with Crippen LogP contribution in [0.25, 0.3) is 0 Å². The molecular formula is C15H25N3O. The summed E-state index contributed by atoms with van der Waals surface area (Å²) in [5.74, 6) is 0.774. The summed E-state index contributed by atoms with van der Waals surface area (Å²) in [6.45, 7) is 9.56. The number of carbonyl (C=O) groups excluding carboxylic acids is 1. The summed E-state index contributed by atoms with van der Waals surface area (Å²) >= 11 is 0. The molecule has 1 aromatic heterocycles. The Kier molecular flexibility index (Phi) is 4.30. The zero-order valence-corrected chi connectivity index (χ0v) is 12.3. The Hall–Kier alpha value is -1.29. The Morgan fingerprint density at radius 3 is 2.47 bits per heavy atom. The molecule has 1 saturated heterocycles. The number of aromatic nitrogens is 1. The molecule has 2 rings (SSSR count). The Morgan fingerprint density at radius 1 is 1.37 bits per heavy atom. The minimum atomic E-state index is 0.184. The molecule has 4 nitrogen and oxygen atoms in total. The highest BCUT2D eigenvalue weighted by Gasteiger charge is 2.25. The predicted octanol–water partition coefficient (Wildman–Crippen LogP) is 1.94. The zero-order chi connectivity index (χ0) is 14.0. The summed E-state index contributed by atoms with van der Waals surface area (Å²) in [4.78, 5) is 14.6. The number of aryl methyl sites for hydroxylation is 1. The van der Waals surface area contributed by atoms with E-state index in [1.165, 1.54) is 5.69 Å². The van der Waals surface area contributed by atoms with Gasteiger partial charge in [0.25, 0.3) is 5.91 Å². The quantitative estimate of drug-likeness (QED) is 0.906. The first-order valence-corrected chi connectivity index (χ1v) is 7.24. The van der Waals surface area contributed by atoms with Crippen molar-refractivity contribution < 1.29 is 4.79 Å². The molecule has 0 unspecified atom stereocenters. The Balaban J connectivity index is 2.12. The maximum absolute atomic E-state index is 12.6. The molecule has 1 fully saturated rings. The van der Waals surface area contributed by atoms with Gasteiger partial charge in [0.2, 0.25) is 0 Å². The van der Waals surface area contributed by atoms with Gasteiger partial charge in [-0.2, -0.15) is 0 Å². The summed E-state index contributed by atoms with van der Waals surface area (Å²) in [6.07, 6.45) is 2.07. The lowest BCUT2D eigenvalue weighted by atomic mass is 9.96. The molecule has 2 heterocycles. The molecule has 0 bridgehead atoms. The van der Waals surface area contributed by atoms with Gasteiger partial charge in [0, 0.05) is 31.0 Å². The molecular weight excluding hydrogens is 238 g/mol. The lowest BCUT2D eigenvalue weighted by Gasteiger charge is -2.31. The van der Waals surface area contributed by atoms with Crippen molar-refractivity contribution in [2.45, 2.75) is 40.2 Å². The van der Waals surface area contributed by atoms with E-state index in [0.29, 0.717) is 5.92 Å². The van der Waals surface area contributed by atoms with Crippen molar-refractivity contribution in [2.24, 2.45) is 11.7 Å². The first kappa shape index (κ1) is 14.1. The molecule has 1 amide bonds. The average molecular weight is 263 g/mol. The van der Waals surface area contributed by atoms with Crippen LogP contribution in [0.5, 0.6) is 0 Å². The Morgan fingerprint density at radius 2 is 2.00 bits per heavy atom. The standard InChI is InChI=1S/C15H25N3O/c1-4-18-11(2)9-14(12(18)3)15(19)17-7-5-13(10-16)6-8-17/h9,13H,4-8,10,16H2,1-3H3. The number of hydrogen-bond donors (Lipinski definition) is 1. The molecule has 1 aliphatic heterocycles. The number of piperidine rings is 1. The second-order valence-corrected chi connectivity index (χ2v) is 5.50. The van der Waals surface area contributed by atoms with Crippen LogP contribution in [0.2, 0.25) is 0 Å². The van der Waals surface area contributed by atoms with Crippen molar-refractivity contribution in [1.29, 1.82) is 0 Å². The fraction of sp³-hybridized carbons (Fsp3) is 0.667. The van der Waals surface area contributed by atoms with E-state index in [9.17, 15) is 4.79 Å². The normalized spacial score (nSPS) is 16.9. The largest absolute Gasteiger partial charge is 0.349 e. The van der Waals surface area contributed by atoms with Gasteiger partial charge in [0.1, 0.15) is 0 Å². The van der Waals surface area contributed by atoms with Gasteiger partial charge in [-0.05, 0) is 52.1 Å². The zero-order valence-electron chi connectivity index (χ0n) is 12.3. The van der Waals surface area contributed by atoms with Crippen LogP contribution in [0.3, 0.4) is 0 Å². The van der Waals surface area contributed by atoms with Gasteiger partial charge in [-0.15, -0.1) is 0 Å². The minimum absolute atomic E-state index is 0.184. The number of carbonyl (C=O) groups is 1. The van der Waals surface area contributed by atoms with Crippen molar-refractivity contribution in [1.82, 2.24) is 9.47 Å². The first-order valence-electron chi connectivity index (χ1n) is 7.24. The molecule has 0 radical (unpaired) electrons. The third-order valence-corrected chi connectivity index (χ3v) is 4.36. The van der Waals surface area contributed by atoms with Crippen LogP contribution in [-0.2, 0) is 6.54 Å². The van der Waals surface area contributed by atoms with Gasteiger partial charge in [-0.3, -0.25) is 4.79 Å². The lowest BCUT2D eigenvalue weighted by molar-refractivity contribution is 0.0692. The number of rotatable bonds is 3. The summed E-state index contributed by atoms with van der Waals surface area (Å²) in [6, 6.07) is 2.02. The van der Waals surface area contributed by atoms with Crippen molar-refractivity contribution in [3.05, 3.63) is 23.0 Å². The van der Waals surface area contributed by atoms with E-state index in [4.69, 9.17) is 5.73 Å². The molecule has 0 aliphatic carbocycles. The Labute approximate surface area is 115 Å². The fourth-order valence-electron chi connectivity index (χ4n) is 3.05. The third kappa shape index (κ3) is 2.68. The number of nitrogens with two attached hydrogens (primary N) is 1. The van der Waals surface area contributed by atoms with Crippen LogP contribution < -0.4 is 5.73 Å². The van der Waals surface area contributed by atoms with E-state index in [-0.39, 0.29) is 5.91 Å². The van der Waals surface area contributed by atoms with Gasteiger partial charge in [-0.25, -0.2) is 0 Å². The molecule has 1 aliphatic rings. The predicted molar refractivity (Wildman–Crippen MR) is 77.3 cm³/mol. The van der Waals surface area contributed by atoms with Crippen LogP contribution in [0.1, 0.15) is 41.5 Å². The van der Waals surface area contributed by atoms with Crippen LogP contribution in [0.4, 0.5) is 0 Å². The van der Waals surface area contributed by atoms with Crippen LogP contribution in [-0.4, -0.2) is 35.0 Å². The van der Waals surface area contributed by atoms with Gasteiger partial charge < -0.3 is 15.2 Å². The molecule has 106 valence electrons. The van der Waals surface area contributed by atoms with Gasteiger partial charge in [0.15, 0.2) is 0 Å². The maximum Gasteiger partial charge on any atom is 0.255 e. The van der Waals surface area contributed by atoms with Crippen molar-refractivity contribution in [3.8, 4) is 0 Å². The molecule has 0 aromatic carbocycles. The van der Waals surface area contributed by atoms with E-state index < -0.39 is 0 Å². The van der Waals surface area contributed by atoms with E-state index in [1.807, 2.05) is 17.9 Å². The number of likely N-dealkylation sites (tertiary alicyclic amines) is 1. The van der Waals surface area contributed by atoms with E-state index in [0.717, 1.165) is 50.3 Å². The maximum atomic E-state index is 12.6. The van der Waals surface area contributed by atoms with Gasteiger partial charge in [0.05, 0.1) is 5.56 Å². The second-order valence-electron chi connectivity index (χ2n) is 5.50. The highest BCUT2D eigenvalue weighted by Crippen LogP contribution is 2.21. The monoisotopic (exact) mass is 263 g/mol. The summed E-state index contributed by atoms with van der Waals surface area (Å²) in [7, 11) is 0. The van der Waals surface area contributed by atoms with E-state index >= 15 is 0 Å². The van der Waals surface area contributed by atoms with Gasteiger partial charge >= 0.3 is 0 Å². The third-order valence-electron chi connectivity index (χ3n) is 4.36. The molecule has 0 atom stereocenters. The van der Waals surface area contributed by atoms with Crippen molar-refractivity contribution >= 4 is 5.91 Å². The highest BCUT2D eigenvalue weighted by molar-refractivity contribution is 5.95. The molecule has 4 heteroatoms. The highest BCUT2D eigenvalue weighted by atomic mass is 16.2. The van der Waals surface area contributed by atoms with E-state index in [2.05, 4.69) is 18.4 Å². The Bertz CT molecular complexity index is 456. The SMILES string of the molecule is CCn1c(C)cc(C(=O)N2CCC(CN)CC2)c1C. The molecule has 19 heavy (non-hydrogen) atoms. The van der Waals surface area contributed by atoms with Crippen molar-refractivity contribution in [2.75, 3.05) is 19.6 Å². The minimum Gasteiger partial charge on any atom is -0.349 e. The topological polar surface area (TPSA) is 51.3 Å². The number of hydrogen-bond acceptors (Lipinski definition) is 2. The molecule has 2 N–H and O–H groups in total. The fourth-order valence-corrected chi connectivity index (χ4v) is 3.05. The first-order chi connectivity index (χ1) is 9.08. The van der Waals surface area contributed by atoms with Gasteiger partial charge in [-0.1, -0.05) is 0 Å². The van der Waals surface area contributed by atoms with Crippen LogP contribution >= 0.6 is 0 Å².